The number of isocyanates is 1. The van der Waals surface area contributed by atoms with E-state index in [9.17, 15) is 0 Å². The van der Waals surface area contributed by atoms with E-state index in [1.165, 1.54) is 24.3 Å². The van der Waals surface area contributed by atoms with Gasteiger partial charge in [-0.05, 0) is 11.1 Å². The van der Waals surface area contributed by atoms with Crippen LogP contribution in [-0.2, 0) is 4.79 Å². The van der Waals surface area contributed by atoms with E-state index in [1.807, 2.05) is 0 Å². The highest BCUT2D eigenvalue weighted by Crippen LogP contribution is 2.29. The number of carbonyl (C=O) groups excluding carboxylic acids is 1. The second-order valence-corrected chi connectivity index (χ2v) is 1.89. The Bertz CT molecular complexity index is 236. The molecule has 0 aromatic heterocycles. The Balaban J connectivity index is 0.000000112. The molecular weight excluding hydrogens is 126 g/mol. The molecule has 0 heterocycles. The highest BCUT2D eigenvalue weighted by atomic mass is 16.1. The van der Waals surface area contributed by atoms with Crippen LogP contribution in [0.25, 0.3) is 11.1 Å². The van der Waals surface area contributed by atoms with Crippen molar-refractivity contribution < 1.29 is 4.79 Å². The first kappa shape index (κ1) is 6.72. The predicted octanol–water partition coefficient (Wildman–Crippen LogP) is 1.62. The predicted molar refractivity (Wildman–Crippen MR) is 39.5 cm³/mol. The van der Waals surface area contributed by atoms with Crippen LogP contribution in [0.2, 0.25) is 0 Å². The molecule has 0 atom stereocenters. The van der Waals surface area contributed by atoms with E-state index in [1.54, 1.807) is 0 Å². The molecule has 2 aliphatic rings. The fourth-order valence-electron chi connectivity index (χ4n) is 0.663. The van der Waals surface area contributed by atoms with Crippen molar-refractivity contribution in [3.05, 3.63) is 24.3 Å². The molecule has 0 unspecified atom stereocenters. The maximum absolute atomic E-state index is 8.88. The molecule has 0 spiro atoms. The fraction of sp³-hybridized carbons (Fsp3) is 0.125. The van der Waals surface area contributed by atoms with Gasteiger partial charge < -0.3 is 0 Å². The molecule has 2 rings (SSSR count). The first-order valence-corrected chi connectivity index (χ1v) is 2.95. The number of rotatable bonds is 0. The van der Waals surface area contributed by atoms with Crippen molar-refractivity contribution in [1.82, 2.24) is 0 Å². The SMILES string of the molecule is CN=C=O.c1cc2ccc1-2. The largest absolute Gasteiger partial charge is 0.234 e. The van der Waals surface area contributed by atoms with Crippen LogP contribution >= 0.6 is 0 Å². The van der Waals surface area contributed by atoms with Crippen LogP contribution in [-0.4, -0.2) is 13.1 Å². The zero-order chi connectivity index (χ0) is 7.40. The van der Waals surface area contributed by atoms with Crippen LogP contribution in [0, 0.1) is 0 Å². The third kappa shape index (κ3) is 1.12. The van der Waals surface area contributed by atoms with Gasteiger partial charge in [-0.25, -0.2) is 9.79 Å². The molecule has 10 heavy (non-hydrogen) atoms. The minimum atomic E-state index is 1.31. The lowest BCUT2D eigenvalue weighted by atomic mass is 9.95. The molecule has 0 bridgehead atoms. The summed E-state index contributed by atoms with van der Waals surface area (Å²) >= 11 is 0. The van der Waals surface area contributed by atoms with Gasteiger partial charge in [-0.15, -0.1) is 0 Å². The Hall–Kier alpha value is -1.40. The topological polar surface area (TPSA) is 29.4 Å². The molecule has 0 saturated carbocycles. The highest BCUT2D eigenvalue weighted by Gasteiger charge is 2.03. The van der Waals surface area contributed by atoms with E-state index in [0.29, 0.717) is 0 Å². The van der Waals surface area contributed by atoms with Gasteiger partial charge in [0.25, 0.3) is 0 Å². The van der Waals surface area contributed by atoms with Gasteiger partial charge >= 0.3 is 0 Å². The minimum Gasteiger partial charge on any atom is -0.211 e. The average molecular weight is 133 g/mol. The monoisotopic (exact) mass is 133 g/mol. The number of nitrogens with zero attached hydrogens (tertiary/aromatic N) is 1. The number of hydrogen-bond donors (Lipinski definition) is 0. The van der Waals surface area contributed by atoms with Crippen molar-refractivity contribution in [1.29, 1.82) is 0 Å². The summed E-state index contributed by atoms with van der Waals surface area (Å²) in [5, 5.41) is 0. The van der Waals surface area contributed by atoms with E-state index in [4.69, 9.17) is 4.79 Å². The van der Waals surface area contributed by atoms with Gasteiger partial charge in [0.05, 0.1) is 0 Å². The first-order chi connectivity index (χ1) is 4.88. The van der Waals surface area contributed by atoms with Crippen molar-refractivity contribution in [2.75, 3.05) is 7.05 Å². The molecule has 2 nitrogen and oxygen atoms in total. The van der Waals surface area contributed by atoms with Crippen LogP contribution in [0.1, 0.15) is 0 Å². The molecule has 0 saturated heterocycles. The summed E-state index contributed by atoms with van der Waals surface area (Å²) in [5.41, 5.74) is 2.85. The highest BCUT2D eigenvalue weighted by molar-refractivity contribution is 5.75. The van der Waals surface area contributed by atoms with Crippen molar-refractivity contribution in [2.24, 2.45) is 4.99 Å². The molecule has 2 heteroatoms. The first-order valence-electron chi connectivity index (χ1n) is 2.95. The van der Waals surface area contributed by atoms with Gasteiger partial charge in [0.1, 0.15) is 0 Å². The van der Waals surface area contributed by atoms with E-state index in [-0.39, 0.29) is 0 Å². The Kier molecular flexibility index (Phi) is 1.98. The number of fused-ring (bicyclic) bond motifs is 1. The molecule has 0 aliphatic heterocycles. The van der Waals surface area contributed by atoms with Crippen LogP contribution in [0.15, 0.2) is 29.3 Å². The maximum Gasteiger partial charge on any atom is 0.234 e. The van der Waals surface area contributed by atoms with Gasteiger partial charge in [0.15, 0.2) is 0 Å². The molecular formula is C8H7NO. The quantitative estimate of drug-likeness (QED) is 0.396. The van der Waals surface area contributed by atoms with Gasteiger partial charge in [-0.3, -0.25) is 0 Å². The van der Waals surface area contributed by atoms with Crippen LogP contribution < -0.4 is 0 Å². The molecule has 0 amide bonds. The van der Waals surface area contributed by atoms with E-state index < -0.39 is 0 Å². The van der Waals surface area contributed by atoms with E-state index >= 15 is 0 Å². The van der Waals surface area contributed by atoms with Gasteiger partial charge in [-0.2, -0.15) is 0 Å². The standard InChI is InChI=1S/C6H4.C2H3NO/c1-2-6-4-3-5(1)6;1-3-2-4/h1-4H;1H3. The average Bonchev–Trinajstić information content (AvgIpc) is 1.97. The lowest BCUT2D eigenvalue weighted by Crippen LogP contribution is -1.85. The molecule has 0 aromatic carbocycles. The molecule has 0 radical (unpaired) electrons. The van der Waals surface area contributed by atoms with Gasteiger partial charge in [-0.1, -0.05) is 24.3 Å². The van der Waals surface area contributed by atoms with Crippen LogP contribution in [0.5, 0.6) is 0 Å². The van der Waals surface area contributed by atoms with E-state index in [0.717, 1.165) is 0 Å². The van der Waals surface area contributed by atoms with Crippen LogP contribution in [0.3, 0.4) is 0 Å². The summed E-state index contributed by atoms with van der Waals surface area (Å²) in [6.07, 6.45) is 1.31. The number of aliphatic imine (C=N–C) groups is 1. The Morgan fingerprint density at radius 3 is 1.50 bits per heavy atom. The molecule has 0 N–H and O–H groups in total. The third-order valence-corrected chi connectivity index (χ3v) is 1.31. The summed E-state index contributed by atoms with van der Waals surface area (Å²) in [4.78, 5) is 11.8. The van der Waals surface area contributed by atoms with Gasteiger partial charge in [0, 0.05) is 7.05 Å². The summed E-state index contributed by atoms with van der Waals surface area (Å²) < 4.78 is 0. The van der Waals surface area contributed by atoms with Crippen LogP contribution in [0.4, 0.5) is 0 Å². The molecule has 0 aromatic rings. The second-order valence-electron chi connectivity index (χ2n) is 1.89. The van der Waals surface area contributed by atoms with Crippen molar-refractivity contribution in [2.45, 2.75) is 0 Å². The Morgan fingerprint density at radius 2 is 1.50 bits per heavy atom. The zero-order valence-corrected chi connectivity index (χ0v) is 5.66. The zero-order valence-electron chi connectivity index (χ0n) is 5.66. The summed E-state index contributed by atoms with van der Waals surface area (Å²) in [6.45, 7) is 0. The lowest BCUT2D eigenvalue weighted by molar-refractivity contribution is 0.564. The normalized spacial score (nSPS) is 8.50. The summed E-state index contributed by atoms with van der Waals surface area (Å²) in [5.74, 6) is 0. The Labute approximate surface area is 59.2 Å². The molecule has 50 valence electrons. The smallest absolute Gasteiger partial charge is 0.211 e. The molecule has 2 aliphatic carbocycles. The summed E-state index contributed by atoms with van der Waals surface area (Å²) in [6, 6.07) is 8.48. The molecule has 0 fully saturated rings. The lowest BCUT2D eigenvalue weighted by Gasteiger charge is -2.10. The van der Waals surface area contributed by atoms with Crippen molar-refractivity contribution >= 4 is 6.08 Å². The maximum atomic E-state index is 8.88. The van der Waals surface area contributed by atoms with Crippen molar-refractivity contribution in [3.63, 3.8) is 0 Å². The second kappa shape index (κ2) is 2.95. The third-order valence-electron chi connectivity index (χ3n) is 1.31. The van der Waals surface area contributed by atoms with Crippen molar-refractivity contribution in [3.8, 4) is 11.1 Å². The fourth-order valence-corrected chi connectivity index (χ4v) is 0.663. The summed E-state index contributed by atoms with van der Waals surface area (Å²) in [7, 11) is 1.38. The number of hydrogen-bond acceptors (Lipinski definition) is 2. The minimum absolute atomic E-state index is 1.31. The Morgan fingerprint density at radius 1 is 1.20 bits per heavy atom. The van der Waals surface area contributed by atoms with Gasteiger partial charge in [0.2, 0.25) is 6.08 Å². The van der Waals surface area contributed by atoms with E-state index in [2.05, 4.69) is 29.3 Å². The number of benzene rings is 1.